The van der Waals surface area contributed by atoms with E-state index in [0.717, 1.165) is 24.9 Å². The van der Waals surface area contributed by atoms with Crippen LogP contribution in [0.25, 0.3) is 0 Å². The summed E-state index contributed by atoms with van der Waals surface area (Å²) in [7, 11) is 1.68. The van der Waals surface area contributed by atoms with E-state index in [4.69, 9.17) is 4.74 Å². The Balaban J connectivity index is 2.62. The molecule has 1 aromatic carbocycles. The van der Waals surface area contributed by atoms with Crippen molar-refractivity contribution >= 4 is 0 Å². The van der Waals surface area contributed by atoms with Gasteiger partial charge in [-0.15, -0.1) is 0 Å². The van der Waals surface area contributed by atoms with E-state index in [9.17, 15) is 5.11 Å². The number of rotatable bonds is 8. The van der Waals surface area contributed by atoms with Gasteiger partial charge in [-0.25, -0.2) is 0 Å². The highest BCUT2D eigenvalue weighted by Gasteiger charge is 2.27. The molecule has 0 amide bonds. The summed E-state index contributed by atoms with van der Waals surface area (Å²) in [6.07, 6.45) is 1.72. The van der Waals surface area contributed by atoms with Crippen molar-refractivity contribution in [2.45, 2.75) is 25.4 Å². The van der Waals surface area contributed by atoms with Crippen molar-refractivity contribution in [3.63, 3.8) is 0 Å². The minimum absolute atomic E-state index is 0.564. The molecular formula is C14H23NO2. The third kappa shape index (κ3) is 4.46. The van der Waals surface area contributed by atoms with Gasteiger partial charge in [-0.1, -0.05) is 43.7 Å². The monoisotopic (exact) mass is 237 g/mol. The molecule has 0 bridgehead atoms. The number of hydrogen-bond donors (Lipinski definition) is 2. The highest BCUT2D eigenvalue weighted by molar-refractivity contribution is 5.22. The molecular weight excluding hydrogens is 214 g/mol. The van der Waals surface area contributed by atoms with Crippen LogP contribution in [0.4, 0.5) is 0 Å². The number of aliphatic hydroxyl groups is 1. The molecule has 3 nitrogen and oxygen atoms in total. The first-order valence-corrected chi connectivity index (χ1v) is 6.20. The lowest BCUT2D eigenvalue weighted by Gasteiger charge is -2.29. The quantitative estimate of drug-likeness (QED) is 0.679. The molecule has 0 aliphatic carbocycles. The molecule has 1 aromatic rings. The molecule has 17 heavy (non-hydrogen) atoms. The first-order chi connectivity index (χ1) is 8.23. The van der Waals surface area contributed by atoms with Crippen molar-refractivity contribution in [3.8, 4) is 0 Å². The van der Waals surface area contributed by atoms with Crippen LogP contribution in [-0.2, 0) is 10.3 Å². The summed E-state index contributed by atoms with van der Waals surface area (Å²) in [5.41, 5.74) is 0.204. The van der Waals surface area contributed by atoms with Crippen LogP contribution in [0, 0.1) is 0 Å². The predicted octanol–water partition coefficient (Wildman–Crippen LogP) is 1.91. The molecule has 2 N–H and O–H groups in total. The van der Waals surface area contributed by atoms with Gasteiger partial charge in [-0.05, 0) is 12.0 Å². The van der Waals surface area contributed by atoms with Gasteiger partial charge < -0.3 is 15.2 Å². The summed E-state index contributed by atoms with van der Waals surface area (Å²) in [6, 6.07) is 9.85. The first kappa shape index (κ1) is 14.2. The number of ether oxygens (including phenoxy) is 1. The number of methoxy groups -OCH3 is 1. The Morgan fingerprint density at radius 3 is 2.59 bits per heavy atom. The van der Waals surface area contributed by atoms with Gasteiger partial charge in [0.25, 0.3) is 0 Å². The van der Waals surface area contributed by atoms with Gasteiger partial charge in [0.05, 0.1) is 6.61 Å². The average Bonchev–Trinajstić information content (AvgIpc) is 2.36. The Morgan fingerprint density at radius 2 is 2.00 bits per heavy atom. The molecule has 1 atom stereocenters. The minimum Gasteiger partial charge on any atom is -0.384 e. The fraction of sp³-hybridized carbons (Fsp3) is 0.571. The predicted molar refractivity (Wildman–Crippen MR) is 70.0 cm³/mol. The van der Waals surface area contributed by atoms with Gasteiger partial charge >= 0.3 is 0 Å². The van der Waals surface area contributed by atoms with E-state index < -0.39 is 5.60 Å². The molecule has 0 saturated carbocycles. The molecule has 1 rings (SSSR count). The van der Waals surface area contributed by atoms with Crippen LogP contribution in [0.15, 0.2) is 30.3 Å². The zero-order valence-corrected chi connectivity index (χ0v) is 10.8. The van der Waals surface area contributed by atoms with E-state index in [2.05, 4.69) is 12.2 Å². The van der Waals surface area contributed by atoms with Gasteiger partial charge in [0.15, 0.2) is 0 Å². The molecule has 0 radical (unpaired) electrons. The third-order valence-corrected chi connectivity index (χ3v) is 2.88. The first-order valence-electron chi connectivity index (χ1n) is 6.20. The third-order valence-electron chi connectivity index (χ3n) is 2.88. The van der Waals surface area contributed by atoms with Crippen LogP contribution in [0.3, 0.4) is 0 Å². The molecule has 0 aromatic heterocycles. The topological polar surface area (TPSA) is 41.5 Å². The largest absolute Gasteiger partial charge is 0.384 e. The summed E-state index contributed by atoms with van der Waals surface area (Å²) in [5, 5.41) is 13.9. The van der Waals surface area contributed by atoms with Gasteiger partial charge in [-0.2, -0.15) is 0 Å². The second-order valence-corrected chi connectivity index (χ2v) is 4.32. The van der Waals surface area contributed by atoms with Gasteiger partial charge in [-0.3, -0.25) is 0 Å². The molecule has 0 aliphatic heterocycles. The van der Waals surface area contributed by atoms with Crippen molar-refractivity contribution in [1.82, 2.24) is 5.32 Å². The summed E-state index contributed by atoms with van der Waals surface area (Å²) in [5.74, 6) is 0. The standard InChI is InChI=1S/C14H23NO2/c1-3-9-14(16,12-15-10-11-17-2)13-7-5-4-6-8-13/h4-8,15-16H,3,9-12H2,1-2H3. The van der Waals surface area contributed by atoms with Crippen molar-refractivity contribution < 1.29 is 9.84 Å². The molecule has 3 heteroatoms. The molecule has 0 spiro atoms. The molecule has 0 saturated heterocycles. The van der Waals surface area contributed by atoms with Crippen molar-refractivity contribution in [2.24, 2.45) is 0 Å². The fourth-order valence-electron chi connectivity index (χ4n) is 1.97. The lowest BCUT2D eigenvalue weighted by atomic mass is 9.89. The van der Waals surface area contributed by atoms with E-state index in [1.807, 2.05) is 30.3 Å². The summed E-state index contributed by atoms with van der Waals surface area (Å²) < 4.78 is 4.98. The van der Waals surface area contributed by atoms with E-state index in [1.165, 1.54) is 0 Å². The van der Waals surface area contributed by atoms with Crippen molar-refractivity contribution in [3.05, 3.63) is 35.9 Å². The maximum Gasteiger partial charge on any atom is 0.102 e. The smallest absolute Gasteiger partial charge is 0.102 e. The summed E-state index contributed by atoms with van der Waals surface area (Å²) >= 11 is 0. The second kappa shape index (κ2) is 7.43. The summed E-state index contributed by atoms with van der Waals surface area (Å²) in [6.45, 7) is 4.07. The number of nitrogens with one attached hydrogen (secondary N) is 1. The van der Waals surface area contributed by atoms with Crippen LogP contribution < -0.4 is 5.32 Å². The van der Waals surface area contributed by atoms with Gasteiger partial charge in [0, 0.05) is 20.2 Å². The maximum atomic E-state index is 10.7. The van der Waals surface area contributed by atoms with E-state index in [0.29, 0.717) is 13.2 Å². The second-order valence-electron chi connectivity index (χ2n) is 4.32. The highest BCUT2D eigenvalue weighted by Crippen LogP contribution is 2.25. The zero-order valence-electron chi connectivity index (χ0n) is 10.8. The Kier molecular flexibility index (Phi) is 6.19. The molecule has 0 aliphatic rings. The SMILES string of the molecule is CCCC(O)(CNCCOC)c1ccccc1. The van der Waals surface area contributed by atoms with Crippen LogP contribution in [-0.4, -0.2) is 31.9 Å². The highest BCUT2D eigenvalue weighted by atomic mass is 16.5. The Morgan fingerprint density at radius 1 is 1.29 bits per heavy atom. The Hall–Kier alpha value is -0.900. The van der Waals surface area contributed by atoms with Crippen LogP contribution in [0.1, 0.15) is 25.3 Å². The fourth-order valence-corrected chi connectivity index (χ4v) is 1.97. The molecule has 0 fully saturated rings. The number of benzene rings is 1. The van der Waals surface area contributed by atoms with Crippen molar-refractivity contribution in [1.29, 1.82) is 0 Å². The molecule has 0 heterocycles. The zero-order chi connectivity index (χ0) is 12.6. The molecule has 96 valence electrons. The Bertz CT molecular complexity index is 302. The summed E-state index contributed by atoms with van der Waals surface area (Å²) in [4.78, 5) is 0. The Labute approximate surface area is 104 Å². The number of hydrogen-bond acceptors (Lipinski definition) is 3. The lowest BCUT2D eigenvalue weighted by molar-refractivity contribution is 0.0256. The van der Waals surface area contributed by atoms with Crippen LogP contribution in [0.2, 0.25) is 0 Å². The van der Waals surface area contributed by atoms with E-state index in [-0.39, 0.29) is 0 Å². The lowest BCUT2D eigenvalue weighted by Crippen LogP contribution is -2.39. The normalized spacial score (nSPS) is 14.5. The van der Waals surface area contributed by atoms with Gasteiger partial charge in [0.2, 0.25) is 0 Å². The maximum absolute atomic E-state index is 10.7. The van der Waals surface area contributed by atoms with Crippen LogP contribution in [0.5, 0.6) is 0 Å². The van der Waals surface area contributed by atoms with Crippen molar-refractivity contribution in [2.75, 3.05) is 26.8 Å². The molecule has 1 unspecified atom stereocenters. The van der Waals surface area contributed by atoms with E-state index in [1.54, 1.807) is 7.11 Å². The minimum atomic E-state index is -0.774. The van der Waals surface area contributed by atoms with Crippen LogP contribution >= 0.6 is 0 Å². The van der Waals surface area contributed by atoms with E-state index >= 15 is 0 Å². The van der Waals surface area contributed by atoms with Gasteiger partial charge in [0.1, 0.15) is 5.60 Å². The average molecular weight is 237 g/mol.